The average Bonchev–Trinajstić information content (AvgIpc) is 3.71. The Balaban J connectivity index is 0.00000462. The Hall–Kier alpha value is -5.32. The van der Waals surface area contributed by atoms with Gasteiger partial charge in [0.2, 0.25) is 11.4 Å². The minimum atomic E-state index is -0.146. The quantitative estimate of drug-likeness (QED) is 0.0943. The van der Waals surface area contributed by atoms with Crippen LogP contribution in [0.2, 0.25) is 0 Å². The number of benzene rings is 6. The number of rotatable bonds is 6. The summed E-state index contributed by atoms with van der Waals surface area (Å²) in [4.78, 5) is 4.89. The minimum absolute atomic E-state index is 0. The number of hydrogen-bond acceptors (Lipinski definition) is 2. The zero-order valence-corrected chi connectivity index (χ0v) is 38.1. The first-order chi connectivity index (χ1) is 28.1. The third kappa shape index (κ3) is 6.20. The molecule has 2 aromatic heterocycles. The fourth-order valence-electron chi connectivity index (χ4n) is 8.97. The second kappa shape index (κ2) is 13.9. The van der Waals surface area contributed by atoms with E-state index in [4.69, 9.17) is 9.72 Å². The van der Waals surface area contributed by atoms with E-state index >= 15 is 0 Å². The van der Waals surface area contributed by atoms with Gasteiger partial charge in [0.15, 0.2) is 12.4 Å². The first-order valence-electron chi connectivity index (χ1n) is 20.7. The zero-order valence-electron chi connectivity index (χ0n) is 35.9. The Morgan fingerprint density at radius 3 is 2.00 bits per heavy atom. The number of quaternary nitrogens is 2. The van der Waals surface area contributed by atoms with Crippen molar-refractivity contribution < 1.29 is 25.8 Å². The molecule has 0 N–H and O–H groups in total. The van der Waals surface area contributed by atoms with Crippen LogP contribution in [0.25, 0.3) is 38.8 Å². The molecule has 8 aromatic rings. The van der Waals surface area contributed by atoms with Crippen LogP contribution in [-0.2, 0) is 37.3 Å². The van der Waals surface area contributed by atoms with Crippen molar-refractivity contribution in [2.75, 3.05) is 0 Å². The van der Waals surface area contributed by atoms with Crippen LogP contribution >= 0.6 is 0 Å². The summed E-state index contributed by atoms with van der Waals surface area (Å²) in [5.74, 6) is 2.17. The molecule has 0 aliphatic carbocycles. The largest absolute Gasteiger partial charge is 0.509 e. The van der Waals surface area contributed by atoms with E-state index < -0.39 is 0 Å². The van der Waals surface area contributed by atoms with Crippen molar-refractivity contribution in [3.05, 3.63) is 175 Å². The van der Waals surface area contributed by atoms with Crippen molar-refractivity contribution in [2.24, 2.45) is 0 Å². The van der Waals surface area contributed by atoms with Crippen molar-refractivity contribution >= 4 is 44.6 Å². The van der Waals surface area contributed by atoms with Gasteiger partial charge in [0, 0.05) is 68.5 Å². The predicted molar refractivity (Wildman–Crippen MR) is 244 cm³/mol. The van der Waals surface area contributed by atoms with Crippen molar-refractivity contribution in [3.63, 3.8) is 0 Å². The van der Waals surface area contributed by atoms with Crippen LogP contribution in [0.1, 0.15) is 79.0 Å². The molecule has 0 amide bonds. The standard InChI is InChI=1S/C54H51N4O.Pt/c1-52(2,3)38-22-25-49-50(31-38)57(41-19-15-18-37(28-41)36-16-11-10-12-17-36)35-58(49,57)42-29-40(54(7,8)9)30-44(33-42)59-43-23-24-46-45-20-13-14-21-47(45)56(48(46)34-43)51-32-39(26-27-55-51)53(4,5)6;/h10-32,35H,1-9H3;/q-1;/t57-,58?;/m0./s1. The fourth-order valence-corrected chi connectivity index (χ4v) is 8.97. The third-order valence-corrected chi connectivity index (χ3v) is 12.4. The molecule has 5 nitrogen and oxygen atoms in total. The van der Waals surface area contributed by atoms with E-state index in [-0.39, 0.29) is 37.3 Å². The molecule has 1 fully saturated rings. The second-order valence-corrected chi connectivity index (χ2v) is 19.4. The molecular formula is C54H51N4OPt-. The number of nitrogens with zero attached hydrogens (tertiary/aromatic N) is 4. The predicted octanol–water partition coefficient (Wildman–Crippen LogP) is 14.5. The molecule has 6 heteroatoms. The maximum Gasteiger partial charge on any atom is 0.225 e. The Labute approximate surface area is 369 Å². The van der Waals surface area contributed by atoms with Gasteiger partial charge in [-0.05, 0) is 62.1 Å². The SMILES string of the molecule is CC(C)(C)c1cc(Oc2[c-]c3c(cc2)c2ccccc2n3-c2cc(C(C)(C)C)ccn2)[c-]c([N+]23[CH-][N@+]2(c2cccc(-c4ccccc4)c2)c2cc(C(C)(C)C)ccc23)c1.[Pt]. The zero-order chi connectivity index (χ0) is 41.1. The summed E-state index contributed by atoms with van der Waals surface area (Å²) < 4.78 is 10.2. The van der Waals surface area contributed by atoms with Crippen LogP contribution in [0, 0.1) is 18.8 Å². The summed E-state index contributed by atoms with van der Waals surface area (Å²) in [5.41, 5.74) is 12.8. The number of para-hydroxylation sites is 1. The first-order valence-corrected chi connectivity index (χ1v) is 20.7. The Morgan fingerprint density at radius 2 is 1.25 bits per heavy atom. The van der Waals surface area contributed by atoms with Gasteiger partial charge >= 0.3 is 0 Å². The van der Waals surface area contributed by atoms with Gasteiger partial charge in [-0.15, -0.1) is 35.2 Å². The van der Waals surface area contributed by atoms with Crippen molar-refractivity contribution in [1.29, 1.82) is 0 Å². The molecule has 6 aromatic carbocycles. The van der Waals surface area contributed by atoms with Crippen molar-refractivity contribution in [3.8, 4) is 28.4 Å². The topological polar surface area (TPSA) is 27.1 Å². The molecule has 0 spiro atoms. The Kier molecular flexibility index (Phi) is 9.26. The van der Waals surface area contributed by atoms with E-state index in [1.54, 1.807) is 0 Å². The second-order valence-electron chi connectivity index (χ2n) is 19.4. The summed E-state index contributed by atoms with van der Waals surface area (Å²) in [5, 5.41) is 2.26. The van der Waals surface area contributed by atoms with Crippen LogP contribution in [0.4, 0.5) is 22.7 Å². The average molecular weight is 967 g/mol. The van der Waals surface area contributed by atoms with Gasteiger partial charge < -0.3 is 9.30 Å². The van der Waals surface area contributed by atoms with E-state index in [2.05, 4.69) is 213 Å². The minimum Gasteiger partial charge on any atom is -0.509 e. The van der Waals surface area contributed by atoms with E-state index in [1.807, 2.05) is 12.3 Å². The van der Waals surface area contributed by atoms with Gasteiger partial charge in [-0.1, -0.05) is 141 Å². The molecule has 10 rings (SSSR count). The molecule has 4 heterocycles. The molecule has 0 saturated carbocycles. The third-order valence-electron chi connectivity index (χ3n) is 12.4. The van der Waals surface area contributed by atoms with Crippen molar-refractivity contribution in [2.45, 2.75) is 78.6 Å². The molecule has 60 heavy (non-hydrogen) atoms. The smallest absolute Gasteiger partial charge is 0.225 e. The molecule has 1 saturated heterocycles. The molecule has 1 unspecified atom stereocenters. The molecule has 2 aliphatic heterocycles. The molecule has 2 aliphatic rings. The summed E-state index contributed by atoms with van der Waals surface area (Å²) in [6.45, 7) is 22.8. The first kappa shape index (κ1) is 40.1. The van der Waals surface area contributed by atoms with Crippen LogP contribution in [-0.4, -0.2) is 9.55 Å². The summed E-state index contributed by atoms with van der Waals surface area (Å²) >= 11 is 0. The number of pyridine rings is 1. The Bertz CT molecular complexity index is 2960. The summed E-state index contributed by atoms with van der Waals surface area (Å²) in [6.07, 6.45) is 1.91. The van der Waals surface area contributed by atoms with Crippen LogP contribution in [0.15, 0.2) is 140 Å². The summed E-state index contributed by atoms with van der Waals surface area (Å²) in [6, 6.07) is 55.8. The van der Waals surface area contributed by atoms with Gasteiger partial charge in [-0.25, -0.2) is 9.58 Å². The summed E-state index contributed by atoms with van der Waals surface area (Å²) in [7, 11) is 0. The molecule has 2 atom stereocenters. The van der Waals surface area contributed by atoms with Gasteiger partial charge in [-0.2, -0.15) is 10.7 Å². The number of hydrogen-bond donors (Lipinski definition) is 0. The fraction of sp³-hybridized carbons (Fsp3) is 0.222. The Morgan fingerprint density at radius 1 is 0.550 bits per heavy atom. The normalized spacial score (nSPS) is 18.4. The maximum absolute atomic E-state index is 6.90. The van der Waals surface area contributed by atoms with Gasteiger partial charge in [0.25, 0.3) is 0 Å². The van der Waals surface area contributed by atoms with Gasteiger partial charge in [-0.3, -0.25) is 0 Å². The van der Waals surface area contributed by atoms with Crippen LogP contribution in [0.3, 0.4) is 0 Å². The number of ether oxygens (including phenoxy) is 1. The van der Waals surface area contributed by atoms with E-state index in [0.29, 0.717) is 20.7 Å². The number of fused-ring (bicyclic) bond motifs is 7. The molecule has 0 bridgehead atoms. The maximum atomic E-state index is 6.90. The van der Waals surface area contributed by atoms with E-state index in [0.717, 1.165) is 33.3 Å². The monoisotopic (exact) mass is 966 g/mol. The van der Waals surface area contributed by atoms with Gasteiger partial charge in [0.1, 0.15) is 5.82 Å². The van der Waals surface area contributed by atoms with Gasteiger partial charge in [0.05, 0.1) is 5.69 Å². The molecule has 304 valence electrons. The van der Waals surface area contributed by atoms with Crippen molar-refractivity contribution in [1.82, 2.24) is 18.7 Å². The molecular weight excluding hydrogens is 916 g/mol. The van der Waals surface area contributed by atoms with Crippen LogP contribution < -0.4 is 13.9 Å². The van der Waals surface area contributed by atoms with E-state index in [9.17, 15) is 0 Å². The van der Waals surface area contributed by atoms with Crippen LogP contribution in [0.5, 0.6) is 11.5 Å². The number of aromatic nitrogens is 2. The molecule has 0 radical (unpaired) electrons. The van der Waals surface area contributed by atoms with E-state index in [1.165, 1.54) is 44.9 Å².